The first kappa shape index (κ1) is 21.5. The van der Waals surface area contributed by atoms with Crippen LogP contribution >= 0.6 is 0 Å². The highest BCUT2D eigenvalue weighted by Crippen LogP contribution is 2.54. The quantitative estimate of drug-likeness (QED) is 0.510. The van der Waals surface area contributed by atoms with Crippen LogP contribution < -0.4 is 14.4 Å². The monoisotopic (exact) mass is 478 g/mol. The van der Waals surface area contributed by atoms with Gasteiger partial charge in [-0.3, -0.25) is 4.79 Å². The number of rotatable bonds is 4. The van der Waals surface area contributed by atoms with Crippen LogP contribution in [0.25, 0.3) is 5.70 Å². The molecule has 1 spiro atoms. The van der Waals surface area contributed by atoms with Crippen molar-refractivity contribution in [3.8, 4) is 11.5 Å². The van der Waals surface area contributed by atoms with E-state index in [1.165, 1.54) is 19.3 Å². The number of carbonyl (C=O) groups excluding carboxylic acids is 1. The summed E-state index contributed by atoms with van der Waals surface area (Å²) in [6.45, 7) is 8.07. The van der Waals surface area contributed by atoms with E-state index in [9.17, 15) is 4.79 Å². The minimum atomic E-state index is -0.817. The molecule has 5 heteroatoms. The summed E-state index contributed by atoms with van der Waals surface area (Å²) >= 11 is 0. The van der Waals surface area contributed by atoms with Crippen molar-refractivity contribution in [2.45, 2.75) is 37.6 Å². The molecule has 1 fully saturated rings. The molecule has 3 aromatic carbocycles. The Kier molecular flexibility index (Phi) is 4.88. The molecule has 0 radical (unpaired) electrons. The van der Waals surface area contributed by atoms with Gasteiger partial charge in [0.15, 0.2) is 0 Å². The molecule has 7 rings (SSSR count). The molecule has 0 aliphatic carbocycles. The SMILES string of the molecule is C=C(c1ccccc1CN1C(=O)C2(COc3cc4c(cc32)CCO4)c2ccccc21)N1CCCCC1. The second-order valence-electron chi connectivity index (χ2n) is 10.3. The molecule has 0 saturated carbocycles. The van der Waals surface area contributed by atoms with E-state index in [0.717, 1.165) is 70.2 Å². The molecular formula is C31H30N2O3. The zero-order chi connectivity index (χ0) is 24.3. The summed E-state index contributed by atoms with van der Waals surface area (Å²) in [6, 6.07) is 20.7. The van der Waals surface area contributed by atoms with Crippen LogP contribution in [0.1, 0.15) is 47.1 Å². The topological polar surface area (TPSA) is 42.0 Å². The van der Waals surface area contributed by atoms with Crippen LogP contribution in [-0.4, -0.2) is 37.1 Å². The number of piperidine rings is 1. The fourth-order valence-corrected chi connectivity index (χ4v) is 6.45. The van der Waals surface area contributed by atoms with Gasteiger partial charge in [0.1, 0.15) is 23.5 Å². The highest BCUT2D eigenvalue weighted by molar-refractivity contribution is 6.11. The lowest BCUT2D eigenvalue weighted by Crippen LogP contribution is -2.42. The molecule has 0 aromatic heterocycles. The lowest BCUT2D eigenvalue weighted by molar-refractivity contribution is -0.122. The van der Waals surface area contributed by atoms with Crippen LogP contribution in [0.15, 0.2) is 67.2 Å². The Morgan fingerprint density at radius 1 is 0.917 bits per heavy atom. The normalized spacial score (nSPS) is 21.7. The van der Waals surface area contributed by atoms with Gasteiger partial charge in [-0.15, -0.1) is 0 Å². The van der Waals surface area contributed by atoms with E-state index >= 15 is 0 Å². The van der Waals surface area contributed by atoms with Crippen molar-refractivity contribution in [3.63, 3.8) is 0 Å². The van der Waals surface area contributed by atoms with Gasteiger partial charge in [0.25, 0.3) is 0 Å². The minimum absolute atomic E-state index is 0.0831. The maximum absolute atomic E-state index is 14.4. The minimum Gasteiger partial charge on any atom is -0.493 e. The van der Waals surface area contributed by atoms with Crippen molar-refractivity contribution in [2.75, 3.05) is 31.2 Å². The van der Waals surface area contributed by atoms with Gasteiger partial charge >= 0.3 is 0 Å². The van der Waals surface area contributed by atoms with E-state index in [-0.39, 0.29) is 5.91 Å². The first-order chi connectivity index (χ1) is 17.7. The lowest BCUT2D eigenvalue weighted by atomic mass is 9.76. The number of carbonyl (C=O) groups is 1. The first-order valence-electron chi connectivity index (χ1n) is 13.0. The predicted octanol–water partition coefficient (Wildman–Crippen LogP) is 5.30. The van der Waals surface area contributed by atoms with Gasteiger partial charge in [-0.2, -0.15) is 0 Å². The number of nitrogens with zero attached hydrogens (tertiary/aromatic N) is 2. The molecule has 4 heterocycles. The molecule has 3 aromatic rings. The maximum Gasteiger partial charge on any atom is 0.246 e. The standard InChI is InChI=1S/C31H30N2O3/c1-21(32-14-7-2-8-15-32)24-10-4-3-9-23(24)19-33-27-12-6-5-11-25(27)31(30(33)34)20-36-29-18-28-22(13-16-35-28)17-26(29)31/h3-6,9-12,17-18H,1-2,7-8,13-16,19-20H2. The number of anilines is 1. The fourth-order valence-electron chi connectivity index (χ4n) is 6.45. The molecule has 4 aliphatic rings. The van der Waals surface area contributed by atoms with Gasteiger partial charge in [-0.05, 0) is 48.1 Å². The Morgan fingerprint density at radius 2 is 1.72 bits per heavy atom. The zero-order valence-electron chi connectivity index (χ0n) is 20.5. The third kappa shape index (κ3) is 3.05. The van der Waals surface area contributed by atoms with E-state index in [1.807, 2.05) is 23.1 Å². The van der Waals surface area contributed by atoms with Crippen LogP contribution in [0.3, 0.4) is 0 Å². The molecule has 5 nitrogen and oxygen atoms in total. The summed E-state index contributed by atoms with van der Waals surface area (Å²) in [5, 5.41) is 0. The average Bonchev–Trinajstić information content (AvgIpc) is 3.60. The molecule has 4 aliphatic heterocycles. The smallest absolute Gasteiger partial charge is 0.246 e. The zero-order valence-corrected chi connectivity index (χ0v) is 20.5. The summed E-state index contributed by atoms with van der Waals surface area (Å²) in [4.78, 5) is 18.8. The van der Waals surface area contributed by atoms with Crippen LogP contribution in [-0.2, 0) is 23.2 Å². The number of para-hydroxylation sites is 1. The first-order valence-corrected chi connectivity index (χ1v) is 13.0. The number of likely N-dealkylation sites (tertiary alicyclic amines) is 1. The van der Waals surface area contributed by atoms with Crippen LogP contribution in [0.4, 0.5) is 5.69 Å². The van der Waals surface area contributed by atoms with Crippen molar-refractivity contribution in [3.05, 3.63) is 95.1 Å². The van der Waals surface area contributed by atoms with Gasteiger partial charge in [0.2, 0.25) is 5.91 Å². The number of hydrogen-bond acceptors (Lipinski definition) is 4. The van der Waals surface area contributed by atoms with Gasteiger partial charge in [0.05, 0.1) is 13.2 Å². The largest absolute Gasteiger partial charge is 0.493 e. The van der Waals surface area contributed by atoms with Gasteiger partial charge in [0, 0.05) is 48.1 Å². The molecule has 0 N–H and O–H groups in total. The number of hydrogen-bond donors (Lipinski definition) is 0. The Bertz CT molecular complexity index is 1390. The van der Waals surface area contributed by atoms with Crippen molar-refractivity contribution in [1.29, 1.82) is 0 Å². The highest BCUT2D eigenvalue weighted by atomic mass is 16.5. The van der Waals surface area contributed by atoms with Crippen LogP contribution in [0, 0.1) is 0 Å². The second kappa shape index (κ2) is 8.16. The van der Waals surface area contributed by atoms with E-state index in [0.29, 0.717) is 19.8 Å². The molecule has 1 saturated heterocycles. The molecule has 1 atom stereocenters. The van der Waals surface area contributed by atoms with E-state index in [2.05, 4.69) is 53.9 Å². The highest BCUT2D eigenvalue weighted by Gasteiger charge is 2.57. The Labute approximate surface area is 211 Å². The summed E-state index contributed by atoms with van der Waals surface area (Å²) in [5.41, 5.74) is 6.61. The molecule has 182 valence electrons. The molecule has 0 bridgehead atoms. The van der Waals surface area contributed by atoms with Crippen molar-refractivity contribution < 1.29 is 14.3 Å². The Balaban J connectivity index is 1.29. The van der Waals surface area contributed by atoms with Gasteiger partial charge < -0.3 is 19.3 Å². The fraction of sp³-hybridized carbons (Fsp3) is 0.323. The van der Waals surface area contributed by atoms with Gasteiger partial charge in [-0.25, -0.2) is 0 Å². The number of ether oxygens (including phenoxy) is 2. The summed E-state index contributed by atoms with van der Waals surface area (Å²) in [5.74, 6) is 1.73. The molecule has 1 unspecified atom stereocenters. The van der Waals surface area contributed by atoms with Crippen LogP contribution in [0.2, 0.25) is 0 Å². The lowest BCUT2D eigenvalue weighted by Gasteiger charge is -2.32. The molecular weight excluding hydrogens is 448 g/mol. The van der Waals surface area contributed by atoms with Crippen LogP contribution in [0.5, 0.6) is 11.5 Å². The maximum atomic E-state index is 14.4. The number of benzene rings is 3. The predicted molar refractivity (Wildman–Crippen MR) is 140 cm³/mol. The van der Waals surface area contributed by atoms with Gasteiger partial charge in [-0.1, -0.05) is 49.0 Å². The van der Waals surface area contributed by atoms with E-state index in [1.54, 1.807) is 0 Å². The number of fused-ring (bicyclic) bond motifs is 5. The third-order valence-corrected chi connectivity index (χ3v) is 8.36. The summed E-state index contributed by atoms with van der Waals surface area (Å²) < 4.78 is 11.9. The van der Waals surface area contributed by atoms with E-state index < -0.39 is 5.41 Å². The Hall–Kier alpha value is -3.73. The number of amides is 1. The average molecular weight is 479 g/mol. The molecule has 1 amide bonds. The summed E-state index contributed by atoms with van der Waals surface area (Å²) in [6.07, 6.45) is 4.56. The summed E-state index contributed by atoms with van der Waals surface area (Å²) in [7, 11) is 0. The van der Waals surface area contributed by atoms with Crippen molar-refractivity contribution in [2.24, 2.45) is 0 Å². The second-order valence-corrected chi connectivity index (χ2v) is 10.3. The molecule has 36 heavy (non-hydrogen) atoms. The third-order valence-electron chi connectivity index (χ3n) is 8.36. The van der Waals surface area contributed by atoms with Crippen molar-refractivity contribution in [1.82, 2.24) is 4.90 Å². The van der Waals surface area contributed by atoms with Crippen molar-refractivity contribution >= 4 is 17.3 Å². The Morgan fingerprint density at radius 3 is 2.61 bits per heavy atom. The van der Waals surface area contributed by atoms with E-state index in [4.69, 9.17) is 9.47 Å².